The average Bonchev–Trinajstić information content (AvgIpc) is 2.68. The molecule has 2 amide bonds. The molecule has 0 saturated heterocycles. The molecule has 3 N–H and O–H groups in total. The van der Waals surface area contributed by atoms with Gasteiger partial charge in [-0.2, -0.15) is 0 Å². The normalized spacial score (nSPS) is 12.0. The lowest BCUT2D eigenvalue weighted by Gasteiger charge is -2.21. The number of hydrogen-bond donors (Lipinski definition) is 3. The van der Waals surface area contributed by atoms with Gasteiger partial charge in [0.15, 0.2) is 0 Å². The first-order valence-corrected chi connectivity index (χ1v) is 10.0. The van der Waals surface area contributed by atoms with Gasteiger partial charge < -0.3 is 30.1 Å². The summed E-state index contributed by atoms with van der Waals surface area (Å²) in [5.41, 5.74) is 1.17. The Morgan fingerprint density at radius 3 is 2.42 bits per heavy atom. The van der Waals surface area contributed by atoms with E-state index in [1.165, 1.54) is 6.07 Å². The highest BCUT2D eigenvalue weighted by atomic mass is 16.4. The van der Waals surface area contributed by atoms with Crippen molar-refractivity contribution in [2.75, 3.05) is 6.54 Å². The third-order valence-corrected chi connectivity index (χ3v) is 5.05. The van der Waals surface area contributed by atoms with Gasteiger partial charge in [-0.1, -0.05) is 13.8 Å². The number of amides is 2. The minimum absolute atomic E-state index is 0.0229. The molecular weight excluding hydrogens is 404 g/mol. The zero-order valence-electron chi connectivity index (χ0n) is 18.0. The van der Waals surface area contributed by atoms with Gasteiger partial charge in [0.2, 0.25) is 11.8 Å². The molecule has 1 aromatic carbocycles. The maximum Gasteiger partial charge on any atom is 0.339 e. The third kappa shape index (κ3) is 6.07. The smallest absolute Gasteiger partial charge is 0.339 e. The topological polar surface area (TPSA) is 149 Å². The van der Waals surface area contributed by atoms with Crippen LogP contribution in [0.15, 0.2) is 21.3 Å². The number of carboxylic acid groups (broad SMARTS) is 1. The molecule has 2 rings (SSSR count). The largest absolute Gasteiger partial charge is 0.548 e. The van der Waals surface area contributed by atoms with E-state index in [1.807, 2.05) is 13.8 Å². The van der Waals surface area contributed by atoms with Crippen molar-refractivity contribution >= 4 is 28.8 Å². The first-order valence-electron chi connectivity index (χ1n) is 10.0. The number of fused-ring (bicyclic) bond motifs is 1. The minimum atomic E-state index is -1.38. The second-order valence-electron chi connectivity index (χ2n) is 7.92. The molecule has 2 aromatic rings. The lowest BCUT2D eigenvalue weighted by molar-refractivity contribution is -0.308. The molecule has 1 atom stereocenters. The molecule has 9 heteroatoms. The first-order chi connectivity index (χ1) is 14.5. The van der Waals surface area contributed by atoms with Crippen LogP contribution in [-0.4, -0.2) is 35.5 Å². The van der Waals surface area contributed by atoms with Crippen molar-refractivity contribution in [3.05, 3.63) is 39.2 Å². The Kier molecular flexibility index (Phi) is 7.79. The number of aliphatic carboxylic acids is 1. The van der Waals surface area contributed by atoms with Gasteiger partial charge >= 0.3 is 5.63 Å². The molecule has 168 valence electrons. The highest BCUT2D eigenvalue weighted by Gasteiger charge is 2.17. The van der Waals surface area contributed by atoms with E-state index in [0.717, 1.165) is 0 Å². The zero-order chi connectivity index (χ0) is 23.3. The van der Waals surface area contributed by atoms with E-state index in [9.17, 15) is 29.4 Å². The monoisotopic (exact) mass is 431 g/mol. The van der Waals surface area contributed by atoms with Gasteiger partial charge in [0.1, 0.15) is 11.3 Å². The van der Waals surface area contributed by atoms with Crippen LogP contribution < -0.4 is 21.4 Å². The fourth-order valence-corrected chi connectivity index (χ4v) is 3.30. The number of phenolic OH excluding ortho intramolecular Hbond substituents is 1. The summed E-state index contributed by atoms with van der Waals surface area (Å²) in [6.07, 6.45) is 0.264. The third-order valence-electron chi connectivity index (χ3n) is 5.05. The SMILES string of the molecule is Cc1c(CCC(=O)NCC(=O)N[C@@H](CC(C)C)C(=O)[O-])c(=O)oc2c(C)c(O)ccc12. The maximum atomic E-state index is 12.4. The summed E-state index contributed by atoms with van der Waals surface area (Å²) in [6, 6.07) is 2.03. The van der Waals surface area contributed by atoms with Gasteiger partial charge in [-0.25, -0.2) is 4.79 Å². The Morgan fingerprint density at radius 1 is 1.13 bits per heavy atom. The van der Waals surface area contributed by atoms with E-state index >= 15 is 0 Å². The molecule has 0 aliphatic heterocycles. The quantitative estimate of drug-likeness (QED) is 0.488. The van der Waals surface area contributed by atoms with Crippen molar-refractivity contribution in [2.45, 2.75) is 53.0 Å². The molecule has 0 aliphatic rings. The predicted molar refractivity (Wildman–Crippen MR) is 111 cm³/mol. The molecule has 0 saturated carbocycles. The fraction of sp³-hybridized carbons (Fsp3) is 0.455. The minimum Gasteiger partial charge on any atom is -0.548 e. The standard InChI is InChI=1S/C22H28N2O7/c1-11(2)9-16(21(28)29)24-19(27)10-23-18(26)8-6-15-12(3)14-5-7-17(25)13(4)20(14)31-22(15)30/h5,7,11,16,25H,6,8-10H2,1-4H3,(H,23,26)(H,24,27)(H,28,29)/p-1/t16-/m0/s1. The van der Waals surface area contributed by atoms with Gasteiger partial charge in [0.05, 0.1) is 18.6 Å². The van der Waals surface area contributed by atoms with E-state index < -0.39 is 29.5 Å². The number of phenols is 1. The number of carbonyl (C=O) groups is 3. The van der Waals surface area contributed by atoms with Crippen molar-refractivity contribution in [3.8, 4) is 5.75 Å². The second kappa shape index (κ2) is 10.1. The number of benzene rings is 1. The molecule has 0 bridgehead atoms. The van der Waals surface area contributed by atoms with Crippen LogP contribution in [0, 0.1) is 19.8 Å². The molecule has 0 spiro atoms. The Balaban J connectivity index is 1.98. The molecule has 0 fully saturated rings. The van der Waals surface area contributed by atoms with Crippen LogP contribution >= 0.6 is 0 Å². The lowest BCUT2D eigenvalue weighted by Crippen LogP contribution is -2.51. The lowest BCUT2D eigenvalue weighted by atomic mass is 10.0. The number of aryl methyl sites for hydroxylation is 2. The summed E-state index contributed by atoms with van der Waals surface area (Å²) < 4.78 is 5.34. The molecule has 0 radical (unpaired) electrons. The van der Waals surface area contributed by atoms with Gasteiger partial charge in [0, 0.05) is 22.9 Å². The Hall–Kier alpha value is -3.36. The van der Waals surface area contributed by atoms with Crippen LogP contribution in [-0.2, 0) is 20.8 Å². The summed E-state index contributed by atoms with van der Waals surface area (Å²) in [5, 5.41) is 26.3. The summed E-state index contributed by atoms with van der Waals surface area (Å²) in [5.74, 6) is -2.42. The van der Waals surface area contributed by atoms with E-state index in [2.05, 4.69) is 10.6 Å². The van der Waals surface area contributed by atoms with Crippen LogP contribution in [0.3, 0.4) is 0 Å². The number of aromatic hydroxyl groups is 1. The molecule has 31 heavy (non-hydrogen) atoms. The van der Waals surface area contributed by atoms with Gasteiger partial charge in [0.25, 0.3) is 0 Å². The van der Waals surface area contributed by atoms with E-state index in [4.69, 9.17) is 4.42 Å². The fourth-order valence-electron chi connectivity index (χ4n) is 3.30. The molecular formula is C22H27N2O7-. The predicted octanol–water partition coefficient (Wildman–Crippen LogP) is 0.445. The van der Waals surface area contributed by atoms with Crippen LogP contribution in [0.4, 0.5) is 0 Å². The number of rotatable bonds is 9. The van der Waals surface area contributed by atoms with Crippen LogP contribution in [0.25, 0.3) is 11.0 Å². The summed E-state index contributed by atoms with van der Waals surface area (Å²) in [7, 11) is 0. The highest BCUT2D eigenvalue weighted by molar-refractivity contribution is 5.88. The van der Waals surface area contributed by atoms with Crippen molar-refractivity contribution < 1.29 is 29.0 Å². The van der Waals surface area contributed by atoms with Crippen molar-refractivity contribution in [2.24, 2.45) is 5.92 Å². The van der Waals surface area contributed by atoms with E-state index in [1.54, 1.807) is 19.9 Å². The summed E-state index contributed by atoms with van der Waals surface area (Å²) in [6.45, 7) is 6.64. The van der Waals surface area contributed by atoms with Crippen molar-refractivity contribution in [1.82, 2.24) is 10.6 Å². The number of nitrogens with one attached hydrogen (secondary N) is 2. The Bertz CT molecular complexity index is 1060. The maximum absolute atomic E-state index is 12.4. The number of carbonyl (C=O) groups excluding carboxylic acids is 3. The highest BCUT2D eigenvalue weighted by Crippen LogP contribution is 2.28. The summed E-state index contributed by atoms with van der Waals surface area (Å²) >= 11 is 0. The van der Waals surface area contributed by atoms with Gasteiger partial charge in [-0.05, 0) is 50.3 Å². The first kappa shape index (κ1) is 23.9. The number of carboxylic acids is 1. The zero-order valence-corrected chi connectivity index (χ0v) is 18.0. The number of hydrogen-bond acceptors (Lipinski definition) is 7. The van der Waals surface area contributed by atoms with E-state index in [0.29, 0.717) is 27.7 Å². The Morgan fingerprint density at radius 2 is 1.81 bits per heavy atom. The second-order valence-corrected chi connectivity index (χ2v) is 7.92. The van der Waals surface area contributed by atoms with Crippen LogP contribution in [0.2, 0.25) is 0 Å². The van der Waals surface area contributed by atoms with Crippen LogP contribution in [0.5, 0.6) is 5.75 Å². The molecule has 0 unspecified atom stereocenters. The molecule has 0 aliphatic carbocycles. The summed E-state index contributed by atoms with van der Waals surface area (Å²) in [4.78, 5) is 47.5. The molecule has 9 nitrogen and oxygen atoms in total. The van der Waals surface area contributed by atoms with Gasteiger partial charge in [-0.3, -0.25) is 9.59 Å². The molecule has 1 aromatic heterocycles. The Labute approximate surface area is 179 Å². The van der Waals surface area contributed by atoms with Crippen molar-refractivity contribution in [3.63, 3.8) is 0 Å². The van der Waals surface area contributed by atoms with Crippen LogP contribution in [0.1, 0.15) is 43.4 Å². The van der Waals surface area contributed by atoms with Gasteiger partial charge in [-0.15, -0.1) is 0 Å². The van der Waals surface area contributed by atoms with Crippen molar-refractivity contribution in [1.29, 1.82) is 0 Å². The van der Waals surface area contributed by atoms with E-state index in [-0.39, 0.29) is 37.5 Å². The average molecular weight is 431 g/mol. The molecule has 1 heterocycles.